The van der Waals surface area contributed by atoms with Crippen molar-refractivity contribution in [2.75, 3.05) is 18.0 Å². The molecule has 94 valence electrons. The van der Waals surface area contributed by atoms with Gasteiger partial charge in [-0.25, -0.2) is 0 Å². The Bertz CT molecular complexity index is 512. The molecule has 0 saturated heterocycles. The van der Waals surface area contributed by atoms with Gasteiger partial charge in [0, 0.05) is 24.3 Å². The molecule has 1 aromatic carbocycles. The first-order valence-corrected chi connectivity index (χ1v) is 6.24. The van der Waals surface area contributed by atoms with Crippen LogP contribution in [0.4, 0.5) is 5.69 Å². The minimum Gasteiger partial charge on any atom is -0.389 e. The number of anilines is 1. The summed E-state index contributed by atoms with van der Waals surface area (Å²) in [6.45, 7) is 5.68. The SMILES string of the molecule is CC1=CCCN(c2cc(C#N)ccc2[C@H](C)O)C1. The zero-order valence-corrected chi connectivity index (χ0v) is 10.8. The average Bonchev–Trinajstić information content (AvgIpc) is 2.38. The van der Waals surface area contributed by atoms with Gasteiger partial charge in [0.25, 0.3) is 0 Å². The number of rotatable bonds is 2. The van der Waals surface area contributed by atoms with Crippen molar-refractivity contribution in [1.29, 1.82) is 5.26 Å². The summed E-state index contributed by atoms with van der Waals surface area (Å²) in [6, 6.07) is 7.65. The largest absolute Gasteiger partial charge is 0.389 e. The first-order chi connectivity index (χ1) is 8.61. The van der Waals surface area contributed by atoms with Crippen molar-refractivity contribution in [3.8, 4) is 6.07 Å². The molecule has 18 heavy (non-hydrogen) atoms. The normalized spacial score (nSPS) is 17.0. The Labute approximate surface area is 108 Å². The van der Waals surface area contributed by atoms with E-state index in [-0.39, 0.29) is 0 Å². The standard InChI is InChI=1S/C15H18N2O/c1-11-4-3-7-17(10-11)15-8-13(9-16)5-6-14(15)12(2)18/h4-6,8,12,18H,3,7,10H2,1-2H3/t12-/m0/s1. The second-order valence-corrected chi connectivity index (χ2v) is 4.82. The molecule has 0 fully saturated rings. The molecule has 1 aromatic rings. The fraction of sp³-hybridized carbons (Fsp3) is 0.400. The van der Waals surface area contributed by atoms with Crippen LogP contribution in [0.1, 0.15) is 37.5 Å². The first-order valence-electron chi connectivity index (χ1n) is 6.24. The van der Waals surface area contributed by atoms with Crippen molar-refractivity contribution >= 4 is 5.69 Å². The Hall–Kier alpha value is -1.79. The minimum atomic E-state index is -0.515. The van der Waals surface area contributed by atoms with Gasteiger partial charge in [0.15, 0.2) is 0 Å². The van der Waals surface area contributed by atoms with E-state index in [1.807, 2.05) is 12.1 Å². The Kier molecular flexibility index (Phi) is 3.69. The highest BCUT2D eigenvalue weighted by Crippen LogP contribution is 2.29. The molecule has 0 saturated carbocycles. The van der Waals surface area contributed by atoms with Gasteiger partial charge in [-0.3, -0.25) is 0 Å². The molecule has 0 aromatic heterocycles. The van der Waals surface area contributed by atoms with Crippen molar-refractivity contribution in [1.82, 2.24) is 0 Å². The van der Waals surface area contributed by atoms with E-state index in [4.69, 9.17) is 5.26 Å². The van der Waals surface area contributed by atoms with Gasteiger partial charge in [0.1, 0.15) is 0 Å². The van der Waals surface area contributed by atoms with Crippen LogP contribution in [0.3, 0.4) is 0 Å². The van der Waals surface area contributed by atoms with Gasteiger partial charge in [0.2, 0.25) is 0 Å². The summed E-state index contributed by atoms with van der Waals surface area (Å²) in [5.41, 5.74) is 3.85. The summed E-state index contributed by atoms with van der Waals surface area (Å²) in [6.07, 6.45) is 2.74. The Morgan fingerprint density at radius 1 is 1.44 bits per heavy atom. The van der Waals surface area contributed by atoms with Gasteiger partial charge in [0.05, 0.1) is 17.7 Å². The van der Waals surface area contributed by atoms with Gasteiger partial charge < -0.3 is 10.0 Å². The highest BCUT2D eigenvalue weighted by Gasteiger charge is 2.17. The highest BCUT2D eigenvalue weighted by atomic mass is 16.3. The van der Waals surface area contributed by atoms with Crippen molar-refractivity contribution < 1.29 is 5.11 Å². The fourth-order valence-corrected chi connectivity index (χ4v) is 2.36. The lowest BCUT2D eigenvalue weighted by Crippen LogP contribution is -2.30. The summed E-state index contributed by atoms with van der Waals surface area (Å²) >= 11 is 0. The van der Waals surface area contributed by atoms with E-state index in [1.54, 1.807) is 13.0 Å². The van der Waals surface area contributed by atoms with Crippen molar-refractivity contribution in [2.24, 2.45) is 0 Å². The lowest BCUT2D eigenvalue weighted by molar-refractivity contribution is 0.199. The van der Waals surface area contributed by atoms with Gasteiger partial charge in [-0.15, -0.1) is 0 Å². The molecule has 0 aliphatic carbocycles. The van der Waals surface area contributed by atoms with E-state index in [0.29, 0.717) is 5.56 Å². The molecule has 1 N–H and O–H groups in total. The lowest BCUT2D eigenvalue weighted by Gasteiger charge is -2.31. The maximum atomic E-state index is 9.84. The zero-order valence-electron chi connectivity index (χ0n) is 10.8. The van der Waals surface area contributed by atoms with Gasteiger partial charge in [-0.1, -0.05) is 17.7 Å². The number of nitrogens with zero attached hydrogens (tertiary/aromatic N) is 2. The molecule has 3 heteroatoms. The summed E-state index contributed by atoms with van der Waals surface area (Å²) in [4.78, 5) is 2.23. The average molecular weight is 242 g/mol. The van der Waals surface area contributed by atoms with E-state index < -0.39 is 6.10 Å². The third kappa shape index (κ3) is 2.55. The van der Waals surface area contributed by atoms with Gasteiger partial charge in [-0.05, 0) is 32.4 Å². The molecule has 0 bridgehead atoms. The van der Waals surface area contributed by atoms with Crippen LogP contribution in [0.25, 0.3) is 0 Å². The molecule has 0 unspecified atom stereocenters. The number of hydrogen-bond donors (Lipinski definition) is 1. The Morgan fingerprint density at radius 2 is 2.22 bits per heavy atom. The van der Waals surface area contributed by atoms with Gasteiger partial charge >= 0.3 is 0 Å². The monoisotopic (exact) mass is 242 g/mol. The number of aliphatic hydroxyl groups is 1. The number of aliphatic hydroxyl groups excluding tert-OH is 1. The number of nitriles is 1. The summed E-state index contributed by atoms with van der Waals surface area (Å²) in [7, 11) is 0. The number of hydrogen-bond acceptors (Lipinski definition) is 3. The zero-order chi connectivity index (χ0) is 13.1. The molecular weight excluding hydrogens is 224 g/mol. The van der Waals surface area contributed by atoms with E-state index in [0.717, 1.165) is 30.8 Å². The third-order valence-corrected chi connectivity index (χ3v) is 3.28. The third-order valence-electron chi connectivity index (χ3n) is 3.28. The van der Waals surface area contributed by atoms with Crippen LogP contribution in [0.15, 0.2) is 29.8 Å². The van der Waals surface area contributed by atoms with Crippen LogP contribution in [-0.2, 0) is 0 Å². The fourth-order valence-electron chi connectivity index (χ4n) is 2.36. The molecule has 0 spiro atoms. The van der Waals surface area contributed by atoms with E-state index in [9.17, 15) is 5.11 Å². The highest BCUT2D eigenvalue weighted by molar-refractivity contribution is 5.59. The summed E-state index contributed by atoms with van der Waals surface area (Å²) < 4.78 is 0. The Morgan fingerprint density at radius 3 is 2.83 bits per heavy atom. The van der Waals surface area contributed by atoms with Crippen molar-refractivity contribution in [3.63, 3.8) is 0 Å². The van der Waals surface area contributed by atoms with Crippen LogP contribution < -0.4 is 4.90 Å². The molecule has 1 atom stereocenters. The Balaban J connectivity index is 2.41. The predicted molar refractivity (Wildman–Crippen MR) is 72.4 cm³/mol. The molecule has 3 nitrogen and oxygen atoms in total. The van der Waals surface area contributed by atoms with Gasteiger partial charge in [-0.2, -0.15) is 5.26 Å². The summed E-state index contributed by atoms with van der Waals surface area (Å²) in [5, 5.41) is 18.8. The predicted octanol–water partition coefficient (Wildman–Crippen LogP) is 2.77. The topological polar surface area (TPSA) is 47.3 Å². The van der Waals surface area contributed by atoms with Crippen LogP contribution in [0.5, 0.6) is 0 Å². The van der Waals surface area contributed by atoms with Crippen molar-refractivity contribution in [3.05, 3.63) is 41.0 Å². The first kappa shape index (κ1) is 12.7. The maximum Gasteiger partial charge on any atom is 0.0992 e. The molecule has 1 aliphatic heterocycles. The van der Waals surface area contributed by atoms with Crippen LogP contribution >= 0.6 is 0 Å². The maximum absolute atomic E-state index is 9.84. The molecule has 1 heterocycles. The summed E-state index contributed by atoms with van der Waals surface area (Å²) in [5.74, 6) is 0. The molecule has 2 rings (SSSR count). The smallest absolute Gasteiger partial charge is 0.0992 e. The molecule has 0 radical (unpaired) electrons. The quantitative estimate of drug-likeness (QED) is 0.811. The van der Waals surface area contributed by atoms with E-state index >= 15 is 0 Å². The number of benzene rings is 1. The molecule has 1 aliphatic rings. The van der Waals surface area contributed by atoms with Crippen LogP contribution in [0.2, 0.25) is 0 Å². The second kappa shape index (κ2) is 5.24. The van der Waals surface area contributed by atoms with Crippen LogP contribution in [0, 0.1) is 11.3 Å². The van der Waals surface area contributed by atoms with E-state index in [2.05, 4.69) is 24.0 Å². The van der Waals surface area contributed by atoms with Crippen LogP contribution in [-0.4, -0.2) is 18.2 Å². The second-order valence-electron chi connectivity index (χ2n) is 4.82. The lowest BCUT2D eigenvalue weighted by atomic mass is 10.0. The molecule has 0 amide bonds. The van der Waals surface area contributed by atoms with Crippen molar-refractivity contribution in [2.45, 2.75) is 26.4 Å². The minimum absolute atomic E-state index is 0.515. The van der Waals surface area contributed by atoms with E-state index in [1.165, 1.54) is 5.57 Å². The molecular formula is C15H18N2O.